The topological polar surface area (TPSA) is 16.1 Å². The first-order chi connectivity index (χ1) is 10.8. The molecule has 1 heterocycles. The second kappa shape index (κ2) is 6.44. The van der Waals surface area contributed by atoms with Gasteiger partial charge < -0.3 is 4.90 Å². The molecule has 0 bridgehead atoms. The molecule has 3 rings (SSSR count). The molecule has 0 unspecified atom stereocenters. The molecule has 2 aromatic carbocycles. The predicted molar refractivity (Wildman–Crippen MR) is 96.1 cm³/mol. The Kier molecular flexibility index (Phi) is 4.19. The van der Waals surface area contributed by atoms with Crippen molar-refractivity contribution in [2.75, 3.05) is 18.5 Å². The van der Waals surface area contributed by atoms with Gasteiger partial charge in [0.25, 0.3) is 0 Å². The SMILES string of the molecule is CCN(C)c1ccc(/C=C\c2ccnc3ccccc23)cc1. The predicted octanol–water partition coefficient (Wildman–Crippen LogP) is 4.86. The van der Waals surface area contributed by atoms with Crippen LogP contribution in [-0.4, -0.2) is 18.6 Å². The molecule has 110 valence electrons. The Morgan fingerprint density at radius 3 is 2.50 bits per heavy atom. The highest BCUT2D eigenvalue weighted by Gasteiger charge is 1.99. The van der Waals surface area contributed by atoms with E-state index >= 15 is 0 Å². The van der Waals surface area contributed by atoms with Crippen LogP contribution in [0.3, 0.4) is 0 Å². The highest BCUT2D eigenvalue weighted by atomic mass is 15.1. The Bertz CT molecular complexity index is 783. The summed E-state index contributed by atoms with van der Waals surface area (Å²) in [6, 6.07) is 18.9. The number of rotatable bonds is 4. The van der Waals surface area contributed by atoms with Gasteiger partial charge in [-0.2, -0.15) is 0 Å². The lowest BCUT2D eigenvalue weighted by Gasteiger charge is -2.16. The van der Waals surface area contributed by atoms with Gasteiger partial charge in [-0.15, -0.1) is 0 Å². The van der Waals surface area contributed by atoms with E-state index in [1.807, 2.05) is 18.3 Å². The van der Waals surface area contributed by atoms with Gasteiger partial charge in [-0.3, -0.25) is 4.98 Å². The van der Waals surface area contributed by atoms with Crippen LogP contribution in [0.4, 0.5) is 5.69 Å². The van der Waals surface area contributed by atoms with Crippen LogP contribution in [0.25, 0.3) is 23.1 Å². The Balaban J connectivity index is 1.87. The van der Waals surface area contributed by atoms with Crippen LogP contribution >= 0.6 is 0 Å². The van der Waals surface area contributed by atoms with Crippen molar-refractivity contribution in [3.63, 3.8) is 0 Å². The third-order valence-electron chi connectivity index (χ3n) is 3.95. The van der Waals surface area contributed by atoms with Crippen molar-refractivity contribution < 1.29 is 0 Å². The molecule has 0 aliphatic rings. The van der Waals surface area contributed by atoms with Gasteiger partial charge >= 0.3 is 0 Å². The van der Waals surface area contributed by atoms with Gasteiger partial charge in [0.1, 0.15) is 0 Å². The van der Waals surface area contributed by atoms with E-state index < -0.39 is 0 Å². The summed E-state index contributed by atoms with van der Waals surface area (Å²) < 4.78 is 0. The molecule has 0 aliphatic carbocycles. The summed E-state index contributed by atoms with van der Waals surface area (Å²) in [5.74, 6) is 0. The number of aromatic nitrogens is 1. The fraction of sp³-hybridized carbons (Fsp3) is 0.150. The van der Waals surface area contributed by atoms with Crippen LogP contribution < -0.4 is 4.90 Å². The normalized spacial score (nSPS) is 11.2. The average Bonchev–Trinajstić information content (AvgIpc) is 2.59. The minimum absolute atomic E-state index is 1.01. The summed E-state index contributed by atoms with van der Waals surface area (Å²) >= 11 is 0. The largest absolute Gasteiger partial charge is 0.375 e. The standard InChI is InChI=1S/C20H20N2/c1-3-22(2)18-12-9-16(10-13-18)8-11-17-14-15-21-20-7-5-4-6-19(17)20/h4-15H,3H2,1-2H3/b11-8-. The zero-order valence-electron chi connectivity index (χ0n) is 13.0. The molecule has 3 aromatic rings. The van der Waals surface area contributed by atoms with Crippen molar-refractivity contribution >= 4 is 28.7 Å². The summed E-state index contributed by atoms with van der Waals surface area (Å²) in [4.78, 5) is 6.62. The average molecular weight is 288 g/mol. The number of para-hydroxylation sites is 1. The van der Waals surface area contributed by atoms with Crippen LogP contribution in [0.15, 0.2) is 60.8 Å². The maximum atomic E-state index is 4.40. The van der Waals surface area contributed by atoms with Gasteiger partial charge in [-0.05, 0) is 42.3 Å². The molecule has 1 aromatic heterocycles. The van der Waals surface area contributed by atoms with Crippen LogP contribution in [-0.2, 0) is 0 Å². The Morgan fingerprint density at radius 1 is 0.955 bits per heavy atom. The van der Waals surface area contributed by atoms with Crippen molar-refractivity contribution in [1.82, 2.24) is 4.98 Å². The van der Waals surface area contributed by atoms with Gasteiger partial charge in [0.2, 0.25) is 0 Å². The number of pyridine rings is 1. The van der Waals surface area contributed by atoms with Crippen LogP contribution in [0.5, 0.6) is 0 Å². The Morgan fingerprint density at radius 2 is 1.73 bits per heavy atom. The van der Waals surface area contributed by atoms with E-state index in [1.54, 1.807) is 0 Å². The third kappa shape index (κ3) is 3.01. The minimum Gasteiger partial charge on any atom is -0.375 e. The first-order valence-electron chi connectivity index (χ1n) is 7.61. The Hall–Kier alpha value is -2.61. The first-order valence-corrected chi connectivity index (χ1v) is 7.61. The van der Waals surface area contributed by atoms with E-state index in [1.165, 1.54) is 22.2 Å². The van der Waals surface area contributed by atoms with Crippen molar-refractivity contribution in [3.05, 3.63) is 71.9 Å². The molecule has 0 amide bonds. The van der Waals surface area contributed by atoms with Crippen LogP contribution in [0, 0.1) is 0 Å². The Labute approximate surface area is 131 Å². The molecule has 0 radical (unpaired) electrons. The molecule has 0 saturated carbocycles. The first kappa shape index (κ1) is 14.3. The van der Waals surface area contributed by atoms with Crippen LogP contribution in [0.1, 0.15) is 18.1 Å². The number of nitrogens with zero attached hydrogens (tertiary/aromatic N) is 2. The van der Waals surface area contributed by atoms with Crippen molar-refractivity contribution in [2.45, 2.75) is 6.92 Å². The molecule has 2 heteroatoms. The fourth-order valence-electron chi connectivity index (χ4n) is 2.47. The molecule has 0 fully saturated rings. The number of hydrogen-bond acceptors (Lipinski definition) is 2. The molecule has 0 saturated heterocycles. The van der Waals surface area contributed by atoms with Gasteiger partial charge in [0.15, 0.2) is 0 Å². The monoisotopic (exact) mass is 288 g/mol. The number of fused-ring (bicyclic) bond motifs is 1. The molecule has 2 nitrogen and oxygen atoms in total. The molecule has 0 N–H and O–H groups in total. The fourth-order valence-corrected chi connectivity index (χ4v) is 2.47. The number of benzene rings is 2. The van der Waals surface area contributed by atoms with Gasteiger partial charge in [-0.1, -0.05) is 42.5 Å². The summed E-state index contributed by atoms with van der Waals surface area (Å²) in [6.45, 7) is 3.17. The third-order valence-corrected chi connectivity index (χ3v) is 3.95. The number of anilines is 1. The zero-order chi connectivity index (χ0) is 15.4. The lowest BCUT2D eigenvalue weighted by molar-refractivity contribution is 0.968. The van der Waals surface area contributed by atoms with Gasteiger partial charge in [0.05, 0.1) is 5.52 Å². The van der Waals surface area contributed by atoms with E-state index in [-0.39, 0.29) is 0 Å². The molecular weight excluding hydrogens is 268 g/mol. The summed E-state index contributed by atoms with van der Waals surface area (Å²) in [6.07, 6.45) is 6.17. The molecule has 22 heavy (non-hydrogen) atoms. The summed E-state index contributed by atoms with van der Waals surface area (Å²) in [5.41, 5.74) is 4.67. The summed E-state index contributed by atoms with van der Waals surface area (Å²) in [5, 5.41) is 1.18. The van der Waals surface area contributed by atoms with E-state index in [0.717, 1.165) is 12.1 Å². The smallest absolute Gasteiger partial charge is 0.0707 e. The second-order valence-electron chi connectivity index (χ2n) is 5.36. The van der Waals surface area contributed by atoms with Gasteiger partial charge in [-0.25, -0.2) is 0 Å². The maximum absolute atomic E-state index is 4.40. The molecule has 0 atom stereocenters. The zero-order valence-corrected chi connectivity index (χ0v) is 13.0. The highest BCUT2D eigenvalue weighted by molar-refractivity contribution is 5.90. The van der Waals surface area contributed by atoms with E-state index in [9.17, 15) is 0 Å². The van der Waals surface area contributed by atoms with E-state index in [0.29, 0.717) is 0 Å². The highest BCUT2D eigenvalue weighted by Crippen LogP contribution is 2.20. The quantitative estimate of drug-likeness (QED) is 0.681. The number of hydrogen-bond donors (Lipinski definition) is 0. The molecule has 0 aliphatic heterocycles. The van der Waals surface area contributed by atoms with Gasteiger partial charge in [0, 0.05) is 30.9 Å². The van der Waals surface area contributed by atoms with E-state index in [2.05, 4.69) is 78.5 Å². The van der Waals surface area contributed by atoms with Crippen molar-refractivity contribution in [1.29, 1.82) is 0 Å². The molecule has 0 spiro atoms. The maximum Gasteiger partial charge on any atom is 0.0707 e. The van der Waals surface area contributed by atoms with E-state index in [4.69, 9.17) is 0 Å². The second-order valence-corrected chi connectivity index (χ2v) is 5.36. The minimum atomic E-state index is 1.01. The van der Waals surface area contributed by atoms with Crippen LogP contribution in [0.2, 0.25) is 0 Å². The lowest BCUT2D eigenvalue weighted by Crippen LogP contribution is -2.15. The molecular formula is C20H20N2. The summed E-state index contributed by atoms with van der Waals surface area (Å²) in [7, 11) is 2.11. The lowest BCUT2D eigenvalue weighted by atomic mass is 10.1. The van der Waals surface area contributed by atoms with Crippen molar-refractivity contribution in [3.8, 4) is 0 Å². The van der Waals surface area contributed by atoms with Crippen molar-refractivity contribution in [2.24, 2.45) is 0 Å².